The van der Waals surface area contributed by atoms with Crippen LogP contribution in [0.15, 0.2) is 18.2 Å². The van der Waals surface area contributed by atoms with Crippen LogP contribution in [0.5, 0.6) is 5.75 Å². The smallest absolute Gasteiger partial charge is 0.326 e. The van der Waals surface area contributed by atoms with E-state index in [4.69, 9.17) is 0 Å². The third kappa shape index (κ3) is 2.92. The van der Waals surface area contributed by atoms with Crippen molar-refractivity contribution in [1.29, 1.82) is 0 Å². The van der Waals surface area contributed by atoms with Gasteiger partial charge in [0.1, 0.15) is 11.8 Å². The molecular formula is C15H19NO4. The van der Waals surface area contributed by atoms with Gasteiger partial charge in [-0.25, -0.2) is 4.79 Å². The van der Waals surface area contributed by atoms with Crippen LogP contribution < -0.4 is 0 Å². The van der Waals surface area contributed by atoms with E-state index >= 15 is 0 Å². The van der Waals surface area contributed by atoms with Gasteiger partial charge in [0.2, 0.25) is 0 Å². The number of phenols is 1. The summed E-state index contributed by atoms with van der Waals surface area (Å²) in [6, 6.07) is 3.85. The number of nitrogens with zero attached hydrogens (tertiary/aromatic N) is 1. The largest absolute Gasteiger partial charge is 0.508 e. The highest BCUT2D eigenvalue weighted by molar-refractivity contribution is 5.97. The van der Waals surface area contributed by atoms with E-state index in [0.717, 1.165) is 19.3 Å². The second kappa shape index (κ2) is 5.94. The molecule has 0 spiro atoms. The highest BCUT2D eigenvalue weighted by atomic mass is 16.4. The Balaban J connectivity index is 2.28. The van der Waals surface area contributed by atoms with Gasteiger partial charge in [0.15, 0.2) is 0 Å². The van der Waals surface area contributed by atoms with Gasteiger partial charge in [-0.1, -0.05) is 12.8 Å². The first kappa shape index (κ1) is 14.4. The van der Waals surface area contributed by atoms with Crippen molar-refractivity contribution in [2.45, 2.75) is 38.6 Å². The molecule has 1 unspecified atom stereocenters. The van der Waals surface area contributed by atoms with Gasteiger partial charge in [0.05, 0.1) is 0 Å². The van der Waals surface area contributed by atoms with E-state index in [2.05, 4.69) is 0 Å². The van der Waals surface area contributed by atoms with Gasteiger partial charge in [-0.05, 0) is 43.5 Å². The fourth-order valence-electron chi connectivity index (χ4n) is 2.56. The van der Waals surface area contributed by atoms with Crippen LogP contribution in [0, 0.1) is 6.92 Å². The number of rotatable bonds is 2. The zero-order valence-corrected chi connectivity index (χ0v) is 11.5. The molecule has 1 atom stereocenters. The molecule has 1 heterocycles. The van der Waals surface area contributed by atoms with Crippen LogP contribution in [-0.4, -0.2) is 39.6 Å². The lowest BCUT2D eigenvalue weighted by Gasteiger charge is -2.27. The topological polar surface area (TPSA) is 77.8 Å². The molecule has 20 heavy (non-hydrogen) atoms. The summed E-state index contributed by atoms with van der Waals surface area (Å²) < 4.78 is 0. The molecule has 1 saturated heterocycles. The first-order valence-corrected chi connectivity index (χ1v) is 6.84. The standard InChI is InChI=1S/C15H19NO4/c1-10-9-11(6-7-13(10)17)14(18)16-8-4-2-3-5-12(16)15(19)20/h6-7,9,12,17H,2-5,8H2,1H3,(H,19,20). The highest BCUT2D eigenvalue weighted by Crippen LogP contribution is 2.22. The van der Waals surface area contributed by atoms with Gasteiger partial charge < -0.3 is 15.1 Å². The molecule has 1 fully saturated rings. The number of amides is 1. The molecule has 0 radical (unpaired) electrons. The zero-order valence-electron chi connectivity index (χ0n) is 11.5. The molecule has 5 heteroatoms. The van der Waals surface area contributed by atoms with E-state index in [9.17, 15) is 19.8 Å². The van der Waals surface area contributed by atoms with Gasteiger partial charge >= 0.3 is 5.97 Å². The summed E-state index contributed by atoms with van der Waals surface area (Å²) in [4.78, 5) is 25.3. The number of likely N-dealkylation sites (tertiary alicyclic amines) is 1. The number of carbonyl (C=O) groups excluding carboxylic acids is 1. The molecule has 1 amide bonds. The molecule has 108 valence electrons. The molecule has 0 aromatic heterocycles. The van der Waals surface area contributed by atoms with Crippen molar-refractivity contribution in [2.24, 2.45) is 0 Å². The SMILES string of the molecule is Cc1cc(C(=O)N2CCCCCC2C(=O)O)ccc1O. The number of carboxylic acid groups (broad SMARTS) is 1. The maximum Gasteiger partial charge on any atom is 0.326 e. The molecule has 1 aromatic carbocycles. The number of carbonyl (C=O) groups is 2. The predicted octanol–water partition coefficient (Wildman–Crippen LogP) is 2.17. The Morgan fingerprint density at radius 3 is 2.65 bits per heavy atom. The van der Waals surface area contributed by atoms with Crippen LogP contribution in [-0.2, 0) is 4.79 Å². The number of aryl methyl sites for hydroxylation is 1. The van der Waals surface area contributed by atoms with E-state index in [-0.39, 0.29) is 11.7 Å². The lowest BCUT2D eigenvalue weighted by atomic mass is 10.1. The van der Waals surface area contributed by atoms with Crippen LogP contribution in [0.25, 0.3) is 0 Å². The average Bonchev–Trinajstić information content (AvgIpc) is 2.66. The van der Waals surface area contributed by atoms with E-state index in [1.807, 2.05) is 0 Å². The first-order valence-electron chi connectivity index (χ1n) is 6.84. The van der Waals surface area contributed by atoms with Crippen molar-refractivity contribution in [3.05, 3.63) is 29.3 Å². The summed E-state index contributed by atoms with van der Waals surface area (Å²) in [6.07, 6.45) is 3.10. The lowest BCUT2D eigenvalue weighted by Crippen LogP contribution is -2.44. The summed E-state index contributed by atoms with van der Waals surface area (Å²) in [6.45, 7) is 2.18. The number of benzene rings is 1. The average molecular weight is 277 g/mol. The van der Waals surface area contributed by atoms with Crippen molar-refractivity contribution < 1.29 is 19.8 Å². The summed E-state index contributed by atoms with van der Waals surface area (Å²) >= 11 is 0. The summed E-state index contributed by atoms with van der Waals surface area (Å²) in [5, 5.41) is 18.8. The van der Waals surface area contributed by atoms with E-state index in [1.54, 1.807) is 13.0 Å². The van der Waals surface area contributed by atoms with Crippen LogP contribution in [0.4, 0.5) is 0 Å². The Labute approximate surface area is 117 Å². The molecule has 1 aliphatic rings. The fourth-order valence-corrected chi connectivity index (χ4v) is 2.56. The maximum atomic E-state index is 12.5. The van der Waals surface area contributed by atoms with Gasteiger partial charge in [-0.2, -0.15) is 0 Å². The minimum atomic E-state index is -0.948. The third-order valence-electron chi connectivity index (χ3n) is 3.74. The Morgan fingerprint density at radius 2 is 2.00 bits per heavy atom. The Kier molecular flexibility index (Phi) is 4.27. The van der Waals surface area contributed by atoms with Gasteiger partial charge in [0, 0.05) is 12.1 Å². The highest BCUT2D eigenvalue weighted by Gasteiger charge is 2.31. The maximum absolute atomic E-state index is 12.5. The Hall–Kier alpha value is -2.04. The van der Waals surface area contributed by atoms with Crippen LogP contribution in [0.1, 0.15) is 41.6 Å². The number of aliphatic carboxylic acids is 1. The fraction of sp³-hybridized carbons (Fsp3) is 0.467. The lowest BCUT2D eigenvalue weighted by molar-refractivity contribution is -0.142. The monoisotopic (exact) mass is 277 g/mol. The van der Waals surface area contributed by atoms with Gasteiger partial charge in [0.25, 0.3) is 5.91 Å². The second-order valence-corrected chi connectivity index (χ2v) is 5.20. The van der Waals surface area contributed by atoms with E-state index in [1.165, 1.54) is 17.0 Å². The number of hydrogen-bond acceptors (Lipinski definition) is 3. The molecule has 0 saturated carbocycles. The minimum Gasteiger partial charge on any atom is -0.508 e. The van der Waals surface area contributed by atoms with Crippen molar-refractivity contribution in [3.63, 3.8) is 0 Å². The molecule has 1 aromatic rings. The molecule has 2 rings (SSSR count). The van der Waals surface area contributed by atoms with Gasteiger partial charge in [-0.3, -0.25) is 4.79 Å². The Bertz CT molecular complexity index is 527. The van der Waals surface area contributed by atoms with Crippen molar-refractivity contribution in [1.82, 2.24) is 4.90 Å². The number of phenolic OH excluding ortho intramolecular Hbond substituents is 1. The number of aromatic hydroxyl groups is 1. The van der Waals surface area contributed by atoms with Crippen molar-refractivity contribution in [3.8, 4) is 5.75 Å². The van der Waals surface area contributed by atoms with Crippen LogP contribution in [0.2, 0.25) is 0 Å². The van der Waals surface area contributed by atoms with Crippen molar-refractivity contribution in [2.75, 3.05) is 6.54 Å². The van der Waals surface area contributed by atoms with Crippen molar-refractivity contribution >= 4 is 11.9 Å². The normalized spacial score (nSPS) is 19.4. The van der Waals surface area contributed by atoms with E-state index < -0.39 is 12.0 Å². The quantitative estimate of drug-likeness (QED) is 0.868. The molecule has 1 aliphatic heterocycles. The van der Waals surface area contributed by atoms with Gasteiger partial charge in [-0.15, -0.1) is 0 Å². The molecule has 2 N–H and O–H groups in total. The van der Waals surface area contributed by atoms with Crippen LogP contribution in [0.3, 0.4) is 0 Å². The Morgan fingerprint density at radius 1 is 1.25 bits per heavy atom. The van der Waals surface area contributed by atoms with Crippen LogP contribution >= 0.6 is 0 Å². The molecule has 0 bridgehead atoms. The molecular weight excluding hydrogens is 258 g/mol. The third-order valence-corrected chi connectivity index (χ3v) is 3.74. The number of hydrogen-bond donors (Lipinski definition) is 2. The number of carboxylic acids is 1. The summed E-state index contributed by atoms with van der Waals surface area (Å²) in [5.74, 6) is -1.09. The predicted molar refractivity (Wildman–Crippen MR) is 73.8 cm³/mol. The summed E-state index contributed by atoms with van der Waals surface area (Å²) in [7, 11) is 0. The summed E-state index contributed by atoms with van der Waals surface area (Å²) in [5.41, 5.74) is 1.03. The minimum absolute atomic E-state index is 0.132. The first-order chi connectivity index (χ1) is 9.50. The molecule has 5 nitrogen and oxygen atoms in total. The zero-order chi connectivity index (χ0) is 14.7. The van der Waals surface area contributed by atoms with E-state index in [0.29, 0.717) is 24.1 Å². The second-order valence-electron chi connectivity index (χ2n) is 5.20. The molecule has 0 aliphatic carbocycles.